The van der Waals surface area contributed by atoms with Gasteiger partial charge in [0, 0.05) is 6.54 Å². The van der Waals surface area contributed by atoms with Gasteiger partial charge in [-0.1, -0.05) is 0 Å². The van der Waals surface area contributed by atoms with Crippen LogP contribution in [0, 0.1) is 0 Å². The molecule has 0 unspecified atom stereocenters. The summed E-state index contributed by atoms with van der Waals surface area (Å²) in [5.41, 5.74) is 0. The van der Waals surface area contributed by atoms with Gasteiger partial charge in [-0.05, 0) is 17.5 Å². The number of rotatable bonds is 6. The van der Waals surface area contributed by atoms with E-state index in [2.05, 4.69) is 14.8 Å². The normalized spacial score (nSPS) is 9.70. The van der Waals surface area contributed by atoms with Crippen LogP contribution in [0.25, 0.3) is 0 Å². The fourth-order valence-corrected chi connectivity index (χ4v) is 1.94. The predicted octanol–water partition coefficient (Wildman–Crippen LogP) is 1.32. The lowest BCUT2D eigenvalue weighted by Gasteiger charge is -2.20. The van der Waals surface area contributed by atoms with Crippen LogP contribution in [0.2, 0.25) is 0 Å². The molecule has 1 aromatic heterocycles. The van der Waals surface area contributed by atoms with Gasteiger partial charge in [-0.25, -0.2) is 4.79 Å². The van der Waals surface area contributed by atoms with Gasteiger partial charge in [-0.15, -0.1) is 11.3 Å². The highest BCUT2D eigenvalue weighted by Crippen LogP contribution is 2.15. The molecule has 0 aliphatic carbocycles. The number of carbonyl (C=O) groups is 3. The van der Waals surface area contributed by atoms with E-state index in [1.807, 2.05) is 5.38 Å². The Morgan fingerprint density at radius 1 is 1.25 bits per heavy atom. The van der Waals surface area contributed by atoms with Crippen molar-refractivity contribution in [3.63, 3.8) is 0 Å². The third kappa shape index (κ3) is 5.27. The molecule has 0 radical (unpaired) electrons. The molecule has 0 bridgehead atoms. The zero-order valence-corrected chi connectivity index (χ0v) is 12.1. The summed E-state index contributed by atoms with van der Waals surface area (Å²) in [7, 11) is 2.50. The molecule has 0 aliphatic heterocycles. The van der Waals surface area contributed by atoms with Crippen molar-refractivity contribution >= 4 is 34.3 Å². The maximum absolute atomic E-state index is 12.0. The molecule has 2 amide bonds. The van der Waals surface area contributed by atoms with Crippen LogP contribution in [0.3, 0.4) is 0 Å². The highest BCUT2D eigenvalue weighted by Gasteiger charge is 2.19. The van der Waals surface area contributed by atoms with Gasteiger partial charge in [-0.3, -0.25) is 14.9 Å². The second kappa shape index (κ2) is 8.16. The summed E-state index contributed by atoms with van der Waals surface area (Å²) in [5, 5.41) is 5.11. The highest BCUT2D eigenvalue weighted by molar-refractivity contribution is 7.14. The molecule has 1 heterocycles. The van der Waals surface area contributed by atoms with Crippen molar-refractivity contribution < 1.29 is 23.9 Å². The smallest absolute Gasteiger partial charge is 0.325 e. The number of amides is 2. The fraction of sp³-hybridized carbons (Fsp3) is 0.417. The summed E-state index contributed by atoms with van der Waals surface area (Å²) in [4.78, 5) is 35.6. The summed E-state index contributed by atoms with van der Waals surface area (Å²) in [6.45, 7) is -0.163. The summed E-state index contributed by atoms with van der Waals surface area (Å²) >= 11 is 1.36. The lowest BCUT2D eigenvalue weighted by atomic mass is 10.4. The van der Waals surface area contributed by atoms with Crippen LogP contribution in [-0.4, -0.2) is 50.2 Å². The van der Waals surface area contributed by atoms with Gasteiger partial charge in [0.2, 0.25) is 0 Å². The molecule has 7 nitrogen and oxygen atoms in total. The number of hydrogen-bond acceptors (Lipinski definition) is 6. The van der Waals surface area contributed by atoms with Crippen LogP contribution in [-0.2, 0) is 19.1 Å². The number of carbonyl (C=O) groups excluding carboxylic acids is 3. The average Bonchev–Trinajstić information content (AvgIpc) is 2.95. The fourth-order valence-electron chi connectivity index (χ4n) is 1.34. The van der Waals surface area contributed by atoms with Gasteiger partial charge in [0.15, 0.2) is 0 Å². The Labute approximate surface area is 120 Å². The number of thiophene rings is 1. The molecule has 20 heavy (non-hydrogen) atoms. The summed E-state index contributed by atoms with van der Waals surface area (Å²) < 4.78 is 9.03. The molecule has 110 valence electrons. The maximum Gasteiger partial charge on any atom is 0.325 e. The molecular formula is C12H16N2O5S. The number of hydrogen-bond donors (Lipinski definition) is 1. The van der Waals surface area contributed by atoms with E-state index in [0.29, 0.717) is 5.00 Å². The number of esters is 2. The second-order valence-electron chi connectivity index (χ2n) is 3.73. The summed E-state index contributed by atoms with van der Waals surface area (Å²) in [6, 6.07) is 3.06. The van der Waals surface area contributed by atoms with Crippen molar-refractivity contribution in [2.24, 2.45) is 0 Å². The third-order valence-corrected chi connectivity index (χ3v) is 3.18. The Kier molecular flexibility index (Phi) is 6.51. The minimum Gasteiger partial charge on any atom is -0.469 e. The molecule has 1 rings (SSSR count). The Hall–Kier alpha value is -2.09. The monoisotopic (exact) mass is 300 g/mol. The van der Waals surface area contributed by atoms with Crippen LogP contribution >= 0.6 is 11.3 Å². The van der Waals surface area contributed by atoms with Gasteiger partial charge in [0.05, 0.1) is 25.6 Å². The maximum atomic E-state index is 12.0. The van der Waals surface area contributed by atoms with Crippen LogP contribution in [0.4, 0.5) is 9.80 Å². The zero-order valence-electron chi connectivity index (χ0n) is 11.3. The minimum absolute atomic E-state index is 0.00531. The SMILES string of the molecule is COC(=O)CCN(CC(=O)OC)C(=O)Nc1cccs1. The minimum atomic E-state index is -0.559. The molecule has 1 aromatic rings. The van der Waals surface area contributed by atoms with Crippen LogP contribution in [0.5, 0.6) is 0 Å². The van der Waals surface area contributed by atoms with Crippen molar-refractivity contribution in [1.29, 1.82) is 0 Å². The largest absolute Gasteiger partial charge is 0.469 e. The molecular weight excluding hydrogens is 284 g/mol. The Balaban J connectivity index is 2.62. The van der Waals surface area contributed by atoms with Gasteiger partial charge in [0.25, 0.3) is 0 Å². The predicted molar refractivity (Wildman–Crippen MR) is 73.6 cm³/mol. The number of ether oxygens (including phenoxy) is 2. The van der Waals surface area contributed by atoms with Crippen molar-refractivity contribution in [1.82, 2.24) is 4.90 Å². The Morgan fingerprint density at radius 3 is 2.50 bits per heavy atom. The van der Waals surface area contributed by atoms with Crippen LogP contribution < -0.4 is 5.32 Å². The highest BCUT2D eigenvalue weighted by atomic mass is 32.1. The summed E-state index contributed by atoms with van der Waals surface area (Å²) in [5.74, 6) is -1.01. The lowest BCUT2D eigenvalue weighted by Crippen LogP contribution is -2.40. The van der Waals surface area contributed by atoms with Gasteiger partial charge >= 0.3 is 18.0 Å². The van der Waals surface area contributed by atoms with E-state index in [9.17, 15) is 14.4 Å². The number of urea groups is 1. The first-order chi connectivity index (χ1) is 9.56. The van der Waals surface area contributed by atoms with Crippen LogP contribution in [0.1, 0.15) is 6.42 Å². The van der Waals surface area contributed by atoms with Crippen molar-refractivity contribution in [2.45, 2.75) is 6.42 Å². The van der Waals surface area contributed by atoms with E-state index >= 15 is 0 Å². The summed E-state index contributed by atoms with van der Waals surface area (Å²) in [6.07, 6.45) is 0.00531. The number of methoxy groups -OCH3 is 2. The van der Waals surface area contributed by atoms with Gasteiger partial charge < -0.3 is 14.4 Å². The zero-order chi connectivity index (χ0) is 15.0. The number of nitrogens with zero attached hydrogens (tertiary/aromatic N) is 1. The third-order valence-electron chi connectivity index (χ3n) is 2.40. The molecule has 0 aromatic carbocycles. The van der Waals surface area contributed by atoms with E-state index in [-0.39, 0.29) is 19.5 Å². The van der Waals surface area contributed by atoms with Crippen molar-refractivity contribution in [3.8, 4) is 0 Å². The van der Waals surface area contributed by atoms with Crippen LogP contribution in [0.15, 0.2) is 17.5 Å². The lowest BCUT2D eigenvalue weighted by molar-refractivity contribution is -0.143. The number of nitrogens with one attached hydrogen (secondary N) is 1. The molecule has 0 saturated heterocycles. The topological polar surface area (TPSA) is 84.9 Å². The first-order valence-electron chi connectivity index (χ1n) is 5.80. The molecule has 0 spiro atoms. The molecule has 8 heteroatoms. The second-order valence-corrected chi connectivity index (χ2v) is 4.68. The Morgan fingerprint density at radius 2 is 1.95 bits per heavy atom. The quantitative estimate of drug-likeness (QED) is 0.801. The molecule has 1 N–H and O–H groups in total. The first kappa shape index (κ1) is 16.0. The first-order valence-corrected chi connectivity index (χ1v) is 6.68. The molecule has 0 aliphatic rings. The average molecular weight is 300 g/mol. The van der Waals surface area contributed by atoms with E-state index in [0.717, 1.165) is 0 Å². The molecule has 0 atom stereocenters. The van der Waals surface area contributed by atoms with Crippen molar-refractivity contribution in [3.05, 3.63) is 17.5 Å². The molecule has 0 saturated carbocycles. The van der Waals surface area contributed by atoms with Crippen molar-refractivity contribution in [2.75, 3.05) is 32.6 Å². The van der Waals surface area contributed by atoms with E-state index < -0.39 is 18.0 Å². The Bertz CT molecular complexity index is 460. The van der Waals surface area contributed by atoms with Gasteiger partial charge in [-0.2, -0.15) is 0 Å². The van der Waals surface area contributed by atoms with Gasteiger partial charge in [0.1, 0.15) is 6.54 Å². The van der Waals surface area contributed by atoms with E-state index in [4.69, 9.17) is 0 Å². The van der Waals surface area contributed by atoms with E-state index in [1.54, 1.807) is 12.1 Å². The molecule has 0 fully saturated rings. The van der Waals surface area contributed by atoms with E-state index in [1.165, 1.54) is 30.5 Å². The standard InChI is InChI=1S/C12H16N2O5S/c1-18-10(15)5-6-14(8-11(16)19-2)12(17)13-9-4-3-7-20-9/h3-4,7H,5-6,8H2,1-2H3,(H,13,17). The number of anilines is 1.